The Hall–Kier alpha value is -2.73. The maximum Gasteiger partial charge on any atom is 0.319 e. The predicted octanol–water partition coefficient (Wildman–Crippen LogP) is 3.54. The quantitative estimate of drug-likeness (QED) is 0.751. The number of amides is 2. The highest BCUT2D eigenvalue weighted by Crippen LogP contribution is 2.18. The standard InChI is InChI=1S/C16H15ClN4O2/c17-12-4-1-5-13(10-12)20-16(22)18-11-14(15-6-2-9-23-15)21-8-3-7-19-21/h1-10,14H,11H2,(H2,18,20,22). The van der Waals surface area contributed by atoms with Crippen molar-refractivity contribution in [2.75, 3.05) is 11.9 Å². The molecular formula is C16H15ClN4O2. The second kappa shape index (κ2) is 7.02. The van der Waals surface area contributed by atoms with Crippen LogP contribution in [0.3, 0.4) is 0 Å². The molecular weight excluding hydrogens is 316 g/mol. The van der Waals surface area contributed by atoms with Gasteiger partial charge >= 0.3 is 6.03 Å². The number of nitrogens with one attached hydrogen (secondary N) is 2. The van der Waals surface area contributed by atoms with Gasteiger partial charge in [-0.05, 0) is 36.4 Å². The molecule has 0 bridgehead atoms. The summed E-state index contributed by atoms with van der Waals surface area (Å²) in [6.45, 7) is 0.335. The van der Waals surface area contributed by atoms with Gasteiger partial charge in [0, 0.05) is 29.6 Å². The van der Waals surface area contributed by atoms with Crippen molar-refractivity contribution in [3.8, 4) is 0 Å². The van der Waals surface area contributed by atoms with Crippen LogP contribution in [0.1, 0.15) is 11.8 Å². The molecule has 0 fully saturated rings. The number of urea groups is 1. The van der Waals surface area contributed by atoms with E-state index in [1.54, 1.807) is 47.5 Å². The number of rotatable bonds is 5. The molecule has 0 saturated heterocycles. The monoisotopic (exact) mass is 330 g/mol. The normalized spacial score (nSPS) is 11.9. The number of hydrogen-bond acceptors (Lipinski definition) is 3. The van der Waals surface area contributed by atoms with Crippen LogP contribution in [0.2, 0.25) is 5.02 Å². The van der Waals surface area contributed by atoms with Crippen molar-refractivity contribution in [3.05, 3.63) is 71.9 Å². The summed E-state index contributed by atoms with van der Waals surface area (Å²) in [4.78, 5) is 12.0. The van der Waals surface area contributed by atoms with E-state index in [0.717, 1.165) is 5.76 Å². The van der Waals surface area contributed by atoms with E-state index in [-0.39, 0.29) is 12.1 Å². The summed E-state index contributed by atoms with van der Waals surface area (Å²) in [5.74, 6) is 0.719. The molecule has 2 heterocycles. The summed E-state index contributed by atoms with van der Waals surface area (Å²) in [7, 11) is 0. The Kier molecular flexibility index (Phi) is 4.63. The van der Waals surface area contributed by atoms with Crippen LogP contribution in [-0.4, -0.2) is 22.4 Å². The number of carbonyl (C=O) groups is 1. The molecule has 1 atom stereocenters. The minimum absolute atomic E-state index is 0.217. The molecule has 23 heavy (non-hydrogen) atoms. The highest BCUT2D eigenvalue weighted by molar-refractivity contribution is 6.30. The van der Waals surface area contributed by atoms with E-state index >= 15 is 0 Å². The number of furan rings is 1. The van der Waals surface area contributed by atoms with Gasteiger partial charge < -0.3 is 15.1 Å². The van der Waals surface area contributed by atoms with Gasteiger partial charge in [-0.1, -0.05) is 17.7 Å². The fraction of sp³-hybridized carbons (Fsp3) is 0.125. The maximum atomic E-state index is 12.0. The second-order valence-electron chi connectivity index (χ2n) is 4.86. The first kappa shape index (κ1) is 15.2. The van der Waals surface area contributed by atoms with Crippen LogP contribution in [0, 0.1) is 0 Å². The molecule has 0 aliphatic carbocycles. The van der Waals surface area contributed by atoms with Crippen molar-refractivity contribution >= 4 is 23.3 Å². The van der Waals surface area contributed by atoms with Gasteiger partial charge in [0.05, 0.1) is 6.26 Å². The second-order valence-corrected chi connectivity index (χ2v) is 5.30. The third-order valence-electron chi connectivity index (χ3n) is 3.25. The summed E-state index contributed by atoms with van der Waals surface area (Å²) in [5, 5.41) is 10.3. The van der Waals surface area contributed by atoms with Crippen LogP contribution in [0.25, 0.3) is 0 Å². The van der Waals surface area contributed by atoms with Crippen molar-refractivity contribution in [3.63, 3.8) is 0 Å². The molecule has 2 aromatic heterocycles. The molecule has 118 valence electrons. The third kappa shape index (κ3) is 3.92. The maximum absolute atomic E-state index is 12.0. The van der Waals surface area contributed by atoms with Crippen LogP contribution in [-0.2, 0) is 0 Å². The molecule has 7 heteroatoms. The van der Waals surface area contributed by atoms with Crippen molar-refractivity contribution in [2.45, 2.75) is 6.04 Å². The molecule has 0 saturated carbocycles. The largest absolute Gasteiger partial charge is 0.467 e. The predicted molar refractivity (Wildman–Crippen MR) is 87.5 cm³/mol. The Morgan fingerprint density at radius 3 is 2.91 bits per heavy atom. The van der Waals surface area contributed by atoms with Gasteiger partial charge in [-0.15, -0.1) is 0 Å². The van der Waals surface area contributed by atoms with E-state index in [0.29, 0.717) is 17.3 Å². The highest BCUT2D eigenvalue weighted by atomic mass is 35.5. The fourth-order valence-corrected chi connectivity index (χ4v) is 2.39. The first-order chi connectivity index (χ1) is 11.2. The minimum Gasteiger partial charge on any atom is -0.467 e. The topological polar surface area (TPSA) is 72.1 Å². The zero-order valence-electron chi connectivity index (χ0n) is 12.1. The molecule has 2 N–H and O–H groups in total. The molecule has 1 aromatic carbocycles. The first-order valence-electron chi connectivity index (χ1n) is 7.05. The molecule has 0 spiro atoms. The first-order valence-corrected chi connectivity index (χ1v) is 7.43. The summed E-state index contributed by atoms with van der Waals surface area (Å²) in [6.07, 6.45) is 5.10. The van der Waals surface area contributed by atoms with E-state index in [1.165, 1.54) is 0 Å². The van der Waals surface area contributed by atoms with Gasteiger partial charge in [0.15, 0.2) is 0 Å². The average Bonchev–Trinajstić information content (AvgIpc) is 3.21. The van der Waals surface area contributed by atoms with Crippen LogP contribution in [0.5, 0.6) is 0 Å². The lowest BCUT2D eigenvalue weighted by Gasteiger charge is -2.16. The average molecular weight is 331 g/mol. The van der Waals surface area contributed by atoms with Crippen LogP contribution < -0.4 is 10.6 Å². The van der Waals surface area contributed by atoms with Crippen molar-refractivity contribution in [1.29, 1.82) is 0 Å². The lowest BCUT2D eigenvalue weighted by Crippen LogP contribution is -2.34. The van der Waals surface area contributed by atoms with Gasteiger partial charge in [0.1, 0.15) is 11.8 Å². The summed E-state index contributed by atoms with van der Waals surface area (Å²) in [5.41, 5.74) is 0.628. The Balaban J connectivity index is 1.64. The Morgan fingerprint density at radius 1 is 1.30 bits per heavy atom. The lowest BCUT2D eigenvalue weighted by molar-refractivity contribution is 0.250. The molecule has 0 radical (unpaired) electrons. The van der Waals surface area contributed by atoms with Crippen molar-refractivity contribution < 1.29 is 9.21 Å². The number of anilines is 1. The van der Waals surface area contributed by atoms with Gasteiger partial charge in [-0.3, -0.25) is 4.68 Å². The van der Waals surface area contributed by atoms with E-state index in [4.69, 9.17) is 16.0 Å². The zero-order valence-corrected chi connectivity index (χ0v) is 12.9. The number of carbonyl (C=O) groups excluding carboxylic acids is 1. The number of nitrogens with zero attached hydrogens (tertiary/aromatic N) is 2. The molecule has 6 nitrogen and oxygen atoms in total. The molecule has 3 rings (SSSR count). The van der Waals surface area contributed by atoms with E-state index in [9.17, 15) is 4.79 Å². The van der Waals surface area contributed by atoms with Crippen molar-refractivity contribution in [2.24, 2.45) is 0 Å². The van der Waals surface area contributed by atoms with Crippen LogP contribution in [0.15, 0.2) is 65.5 Å². The van der Waals surface area contributed by atoms with Crippen LogP contribution in [0.4, 0.5) is 10.5 Å². The summed E-state index contributed by atoms with van der Waals surface area (Å²) >= 11 is 5.90. The smallest absolute Gasteiger partial charge is 0.319 e. The number of hydrogen-bond donors (Lipinski definition) is 2. The van der Waals surface area contributed by atoms with E-state index in [1.807, 2.05) is 18.3 Å². The number of halogens is 1. The SMILES string of the molecule is O=C(NCC(c1ccco1)n1cccn1)Nc1cccc(Cl)c1. The molecule has 3 aromatic rings. The third-order valence-corrected chi connectivity index (χ3v) is 3.49. The highest BCUT2D eigenvalue weighted by Gasteiger charge is 2.17. The van der Waals surface area contributed by atoms with Gasteiger partial charge in [-0.25, -0.2) is 4.79 Å². The molecule has 1 unspecified atom stereocenters. The van der Waals surface area contributed by atoms with Crippen LogP contribution >= 0.6 is 11.6 Å². The molecule has 2 amide bonds. The lowest BCUT2D eigenvalue weighted by atomic mass is 10.2. The van der Waals surface area contributed by atoms with Gasteiger partial charge in [0.25, 0.3) is 0 Å². The summed E-state index contributed by atoms with van der Waals surface area (Å²) in [6, 6.07) is 11.9. The number of aromatic nitrogens is 2. The Bertz CT molecular complexity index is 722. The Labute approximate surface area is 138 Å². The fourth-order valence-electron chi connectivity index (χ4n) is 2.20. The zero-order chi connectivity index (χ0) is 16.1. The van der Waals surface area contributed by atoms with Gasteiger partial charge in [-0.2, -0.15) is 5.10 Å². The molecule has 0 aliphatic rings. The van der Waals surface area contributed by atoms with E-state index in [2.05, 4.69) is 15.7 Å². The molecule has 0 aliphatic heterocycles. The summed E-state index contributed by atoms with van der Waals surface area (Å²) < 4.78 is 7.17. The minimum atomic E-state index is -0.323. The Morgan fingerprint density at radius 2 is 2.22 bits per heavy atom. The number of benzene rings is 1. The van der Waals surface area contributed by atoms with Gasteiger partial charge in [0.2, 0.25) is 0 Å². The van der Waals surface area contributed by atoms with E-state index < -0.39 is 0 Å². The van der Waals surface area contributed by atoms with Crippen molar-refractivity contribution in [1.82, 2.24) is 15.1 Å².